The Morgan fingerprint density at radius 2 is 2.19 bits per heavy atom. The number of hydrogen-bond donors (Lipinski definition) is 3. The number of esters is 1. The van der Waals surface area contributed by atoms with Crippen LogP contribution in [0.15, 0.2) is 12.3 Å². The van der Waals surface area contributed by atoms with Crippen molar-refractivity contribution in [1.29, 1.82) is 0 Å². The Labute approximate surface area is 188 Å². The summed E-state index contributed by atoms with van der Waals surface area (Å²) in [6, 6.07) is 1.91. The lowest BCUT2D eigenvalue weighted by molar-refractivity contribution is -0.119. The zero-order chi connectivity index (χ0) is 23.3. The third kappa shape index (κ3) is 5.21. The maximum absolute atomic E-state index is 12.9. The van der Waals surface area contributed by atoms with E-state index in [0.29, 0.717) is 42.7 Å². The number of aliphatic hydroxyl groups excluding tert-OH is 1. The molecule has 176 valence electrons. The van der Waals surface area contributed by atoms with E-state index in [1.54, 1.807) is 10.8 Å². The van der Waals surface area contributed by atoms with Gasteiger partial charge in [-0.3, -0.25) is 4.79 Å². The van der Waals surface area contributed by atoms with Crippen LogP contribution in [-0.2, 0) is 20.8 Å². The zero-order valence-electron chi connectivity index (χ0n) is 19.3. The van der Waals surface area contributed by atoms with Gasteiger partial charge in [-0.15, -0.1) is 0 Å². The predicted molar refractivity (Wildman–Crippen MR) is 123 cm³/mol. The van der Waals surface area contributed by atoms with Gasteiger partial charge in [-0.2, -0.15) is 0 Å². The van der Waals surface area contributed by atoms with E-state index in [1.165, 1.54) is 7.11 Å². The van der Waals surface area contributed by atoms with Crippen molar-refractivity contribution >= 4 is 34.3 Å². The van der Waals surface area contributed by atoms with Gasteiger partial charge in [-0.1, -0.05) is 13.8 Å². The van der Waals surface area contributed by atoms with Gasteiger partial charge in [0, 0.05) is 30.6 Å². The number of methoxy groups -OCH3 is 1. The SMILES string of the molecule is CC[C@H](C)C(=O)Nc1c(C(=O)OC)n(C[C@@H]2CCCO2)c2ncc(N[C@@H](C)CCO)cc12. The topological polar surface area (TPSA) is 115 Å². The van der Waals surface area contributed by atoms with E-state index < -0.39 is 5.97 Å². The van der Waals surface area contributed by atoms with E-state index in [2.05, 4.69) is 15.6 Å². The molecule has 3 N–H and O–H groups in total. The number of fused-ring (bicyclic) bond motifs is 1. The summed E-state index contributed by atoms with van der Waals surface area (Å²) in [6.45, 7) is 6.97. The first-order valence-electron chi connectivity index (χ1n) is 11.3. The second kappa shape index (κ2) is 10.8. The van der Waals surface area contributed by atoms with Crippen LogP contribution in [0.1, 0.15) is 56.9 Å². The number of carbonyl (C=O) groups is 2. The summed E-state index contributed by atoms with van der Waals surface area (Å²) in [5, 5.41) is 16.1. The molecule has 2 aromatic rings. The maximum Gasteiger partial charge on any atom is 0.356 e. The third-order valence-corrected chi connectivity index (χ3v) is 5.97. The van der Waals surface area contributed by atoms with Gasteiger partial charge in [-0.05, 0) is 38.7 Å². The van der Waals surface area contributed by atoms with E-state index in [-0.39, 0.29) is 36.3 Å². The maximum atomic E-state index is 12.9. The molecule has 3 atom stereocenters. The molecule has 3 rings (SSSR count). The molecule has 9 heteroatoms. The number of pyridine rings is 1. The fraction of sp³-hybridized carbons (Fsp3) is 0.609. The Morgan fingerprint density at radius 3 is 2.81 bits per heavy atom. The van der Waals surface area contributed by atoms with Gasteiger partial charge >= 0.3 is 5.97 Å². The predicted octanol–water partition coefficient (Wildman–Crippen LogP) is 3.17. The Morgan fingerprint density at radius 1 is 1.41 bits per heavy atom. The van der Waals surface area contributed by atoms with Crippen molar-refractivity contribution in [2.45, 2.75) is 65.1 Å². The Bertz CT molecular complexity index is 952. The molecule has 2 aromatic heterocycles. The van der Waals surface area contributed by atoms with Crippen LogP contribution in [-0.4, -0.2) is 59.0 Å². The first kappa shape index (κ1) is 24.0. The molecule has 9 nitrogen and oxygen atoms in total. The van der Waals surface area contributed by atoms with Gasteiger partial charge in [0.25, 0.3) is 0 Å². The fourth-order valence-electron chi connectivity index (χ4n) is 3.89. The molecule has 32 heavy (non-hydrogen) atoms. The van der Waals surface area contributed by atoms with Crippen LogP contribution in [0.4, 0.5) is 11.4 Å². The lowest BCUT2D eigenvalue weighted by Gasteiger charge is -2.15. The molecular weight excluding hydrogens is 412 g/mol. The number of ether oxygens (including phenoxy) is 2. The summed E-state index contributed by atoms with van der Waals surface area (Å²) >= 11 is 0. The molecular formula is C23H34N4O5. The zero-order valence-corrected chi connectivity index (χ0v) is 19.3. The normalized spacial score (nSPS) is 17.8. The highest BCUT2D eigenvalue weighted by molar-refractivity contribution is 6.11. The number of anilines is 2. The Kier molecular flexibility index (Phi) is 8.09. The van der Waals surface area contributed by atoms with Crippen LogP contribution in [0.5, 0.6) is 0 Å². The molecule has 0 bridgehead atoms. The van der Waals surface area contributed by atoms with Crippen molar-refractivity contribution < 1.29 is 24.2 Å². The van der Waals surface area contributed by atoms with Crippen molar-refractivity contribution in [3.8, 4) is 0 Å². The third-order valence-electron chi connectivity index (χ3n) is 5.97. The van der Waals surface area contributed by atoms with Crippen LogP contribution in [0.25, 0.3) is 11.0 Å². The monoisotopic (exact) mass is 446 g/mol. The molecule has 0 aromatic carbocycles. The first-order valence-corrected chi connectivity index (χ1v) is 11.3. The molecule has 1 fully saturated rings. The van der Waals surface area contributed by atoms with Gasteiger partial charge in [0.2, 0.25) is 5.91 Å². The van der Waals surface area contributed by atoms with Crippen molar-refractivity contribution in [3.05, 3.63) is 18.0 Å². The summed E-state index contributed by atoms with van der Waals surface area (Å²) in [5.74, 6) is -0.916. The minimum atomic E-state index is -0.538. The summed E-state index contributed by atoms with van der Waals surface area (Å²) in [7, 11) is 1.33. The quantitative estimate of drug-likeness (QED) is 0.480. The van der Waals surface area contributed by atoms with Crippen molar-refractivity contribution in [1.82, 2.24) is 9.55 Å². The number of hydrogen-bond acceptors (Lipinski definition) is 7. The van der Waals surface area contributed by atoms with Gasteiger partial charge in [0.15, 0.2) is 5.69 Å². The van der Waals surface area contributed by atoms with Crippen molar-refractivity contribution in [2.75, 3.05) is 31.0 Å². The largest absolute Gasteiger partial charge is 0.464 e. The highest BCUT2D eigenvalue weighted by Gasteiger charge is 2.29. The molecule has 1 saturated heterocycles. The molecule has 1 amide bonds. The standard InChI is InChI=1S/C23H34N4O5/c1-5-14(2)22(29)26-19-18-11-16(25-15(3)8-9-28)12-24-21(18)27(20(19)23(30)31-4)13-17-7-6-10-32-17/h11-12,14-15,17,25,28H,5-10,13H2,1-4H3,(H,26,29)/t14-,15-,17-/m0/s1. The van der Waals surface area contributed by atoms with Crippen LogP contribution in [0, 0.1) is 5.92 Å². The average Bonchev–Trinajstić information content (AvgIpc) is 3.39. The van der Waals surface area contributed by atoms with Crippen LogP contribution in [0.2, 0.25) is 0 Å². The lowest BCUT2D eigenvalue weighted by atomic mass is 10.1. The van der Waals surface area contributed by atoms with Crippen molar-refractivity contribution in [3.63, 3.8) is 0 Å². The van der Waals surface area contributed by atoms with E-state index in [0.717, 1.165) is 18.5 Å². The van der Waals surface area contributed by atoms with Crippen LogP contribution in [0.3, 0.4) is 0 Å². The van der Waals surface area contributed by atoms with E-state index >= 15 is 0 Å². The summed E-state index contributed by atoms with van der Waals surface area (Å²) in [5.41, 5.74) is 1.99. The molecule has 0 radical (unpaired) electrons. The summed E-state index contributed by atoms with van der Waals surface area (Å²) in [4.78, 5) is 30.3. The van der Waals surface area contributed by atoms with Gasteiger partial charge in [0.1, 0.15) is 5.65 Å². The number of aliphatic hydroxyl groups is 1. The number of aromatic nitrogens is 2. The fourth-order valence-corrected chi connectivity index (χ4v) is 3.89. The number of nitrogens with one attached hydrogen (secondary N) is 2. The number of amides is 1. The molecule has 0 saturated carbocycles. The molecule has 0 spiro atoms. The minimum absolute atomic E-state index is 0.0312. The summed E-state index contributed by atoms with van der Waals surface area (Å²) < 4.78 is 12.7. The van der Waals surface area contributed by atoms with Gasteiger partial charge < -0.3 is 29.8 Å². The van der Waals surface area contributed by atoms with Crippen LogP contribution < -0.4 is 10.6 Å². The van der Waals surface area contributed by atoms with E-state index in [4.69, 9.17) is 9.47 Å². The number of carbonyl (C=O) groups excluding carboxylic acids is 2. The Balaban J connectivity index is 2.13. The second-order valence-corrected chi connectivity index (χ2v) is 8.41. The molecule has 0 aliphatic carbocycles. The van der Waals surface area contributed by atoms with Crippen LogP contribution >= 0.6 is 0 Å². The van der Waals surface area contributed by atoms with Crippen molar-refractivity contribution in [2.24, 2.45) is 5.92 Å². The first-order chi connectivity index (χ1) is 15.4. The molecule has 1 aliphatic rings. The highest BCUT2D eigenvalue weighted by atomic mass is 16.5. The van der Waals surface area contributed by atoms with E-state index in [9.17, 15) is 14.7 Å². The lowest BCUT2D eigenvalue weighted by Crippen LogP contribution is -2.23. The number of nitrogens with zero attached hydrogens (tertiary/aromatic N) is 2. The van der Waals surface area contributed by atoms with E-state index in [1.807, 2.05) is 26.8 Å². The van der Waals surface area contributed by atoms with Gasteiger partial charge in [0.05, 0.1) is 37.3 Å². The minimum Gasteiger partial charge on any atom is -0.464 e. The smallest absolute Gasteiger partial charge is 0.356 e. The molecule has 0 unspecified atom stereocenters. The highest BCUT2D eigenvalue weighted by Crippen LogP contribution is 2.34. The molecule has 1 aliphatic heterocycles. The Hall–Kier alpha value is -2.65. The van der Waals surface area contributed by atoms with Gasteiger partial charge in [-0.25, -0.2) is 9.78 Å². The average molecular weight is 447 g/mol. The summed E-state index contributed by atoms with van der Waals surface area (Å²) in [6.07, 6.45) is 4.80. The number of rotatable bonds is 10. The molecule has 3 heterocycles. The second-order valence-electron chi connectivity index (χ2n) is 8.41.